The van der Waals surface area contributed by atoms with Gasteiger partial charge in [-0.15, -0.1) is 0 Å². The zero-order valence-electron chi connectivity index (χ0n) is 11.7. The van der Waals surface area contributed by atoms with Crippen molar-refractivity contribution in [3.8, 4) is 0 Å². The van der Waals surface area contributed by atoms with Gasteiger partial charge in [0.25, 0.3) is 0 Å². The summed E-state index contributed by atoms with van der Waals surface area (Å²) < 4.78 is 22.4. The Morgan fingerprint density at radius 2 is 2.05 bits per heavy atom. The largest absolute Gasteiger partial charge is 0.310 e. The van der Waals surface area contributed by atoms with E-state index >= 15 is 0 Å². The molecule has 1 atom stereocenters. The van der Waals surface area contributed by atoms with Gasteiger partial charge < -0.3 is 5.32 Å². The van der Waals surface area contributed by atoms with Gasteiger partial charge in [-0.05, 0) is 49.6 Å². The smallest absolute Gasteiger partial charge is 0.147 e. The maximum absolute atomic E-state index is 11.2. The minimum atomic E-state index is -2.89. The maximum atomic E-state index is 11.2. The predicted octanol–water partition coefficient (Wildman–Crippen LogP) is 3.12. The van der Waals surface area contributed by atoms with Gasteiger partial charge in [-0.25, -0.2) is 8.42 Å². The summed E-state index contributed by atoms with van der Waals surface area (Å²) in [5, 5.41) is 4.11. The SMILES string of the molecule is CCNC(CCCS(C)(=O)=O)c1cc(Cl)ccc1C. The van der Waals surface area contributed by atoms with Crippen LogP contribution in [0.25, 0.3) is 0 Å². The van der Waals surface area contributed by atoms with E-state index in [0.717, 1.165) is 18.5 Å². The molecule has 3 nitrogen and oxygen atoms in total. The topological polar surface area (TPSA) is 46.2 Å². The number of rotatable bonds is 7. The fourth-order valence-corrected chi connectivity index (χ4v) is 3.02. The highest BCUT2D eigenvalue weighted by Crippen LogP contribution is 2.25. The summed E-state index contributed by atoms with van der Waals surface area (Å²) in [5.41, 5.74) is 2.33. The molecule has 0 aliphatic rings. The lowest BCUT2D eigenvalue weighted by Gasteiger charge is -2.20. The first-order valence-electron chi connectivity index (χ1n) is 6.50. The Hall–Kier alpha value is -0.580. The van der Waals surface area contributed by atoms with Gasteiger partial charge in [-0.2, -0.15) is 0 Å². The molecule has 1 aromatic rings. The van der Waals surface area contributed by atoms with Crippen LogP contribution in [0, 0.1) is 6.92 Å². The van der Waals surface area contributed by atoms with E-state index in [-0.39, 0.29) is 11.8 Å². The fourth-order valence-electron chi connectivity index (χ4n) is 2.15. The van der Waals surface area contributed by atoms with E-state index in [0.29, 0.717) is 11.4 Å². The number of benzene rings is 1. The van der Waals surface area contributed by atoms with Crippen LogP contribution in [-0.4, -0.2) is 27.0 Å². The second-order valence-electron chi connectivity index (χ2n) is 4.88. The molecule has 1 aromatic carbocycles. The summed E-state index contributed by atoms with van der Waals surface area (Å²) in [6.45, 7) is 4.94. The van der Waals surface area contributed by atoms with Crippen LogP contribution >= 0.6 is 11.6 Å². The van der Waals surface area contributed by atoms with Crippen molar-refractivity contribution in [1.82, 2.24) is 5.32 Å². The second kappa shape index (κ2) is 7.27. The third-order valence-corrected chi connectivity index (χ3v) is 4.34. The highest BCUT2D eigenvalue weighted by molar-refractivity contribution is 7.90. The lowest BCUT2D eigenvalue weighted by molar-refractivity contribution is 0.505. The van der Waals surface area contributed by atoms with Crippen LogP contribution < -0.4 is 5.32 Å². The monoisotopic (exact) mass is 303 g/mol. The van der Waals surface area contributed by atoms with Gasteiger partial charge in [0.05, 0.1) is 0 Å². The van der Waals surface area contributed by atoms with Gasteiger partial charge in [-0.1, -0.05) is 24.6 Å². The van der Waals surface area contributed by atoms with Crippen LogP contribution in [0.2, 0.25) is 5.02 Å². The molecule has 0 bridgehead atoms. The first-order valence-corrected chi connectivity index (χ1v) is 8.94. The number of hydrogen-bond donors (Lipinski definition) is 1. The summed E-state index contributed by atoms with van der Waals surface area (Å²) in [6, 6.07) is 5.99. The summed E-state index contributed by atoms with van der Waals surface area (Å²) in [5.74, 6) is 0.231. The molecule has 0 amide bonds. The lowest BCUT2D eigenvalue weighted by atomic mass is 9.98. The van der Waals surface area contributed by atoms with Crippen molar-refractivity contribution in [3.63, 3.8) is 0 Å². The minimum Gasteiger partial charge on any atom is -0.310 e. The molecule has 0 spiro atoms. The van der Waals surface area contributed by atoms with Crippen molar-refractivity contribution in [1.29, 1.82) is 0 Å². The predicted molar refractivity (Wildman–Crippen MR) is 81.6 cm³/mol. The molecule has 0 saturated carbocycles. The highest BCUT2D eigenvalue weighted by atomic mass is 35.5. The highest BCUT2D eigenvalue weighted by Gasteiger charge is 2.14. The average Bonchev–Trinajstić information content (AvgIpc) is 2.30. The van der Waals surface area contributed by atoms with E-state index in [4.69, 9.17) is 11.6 Å². The Labute approximate surface area is 121 Å². The quantitative estimate of drug-likeness (QED) is 0.842. The third-order valence-electron chi connectivity index (χ3n) is 3.08. The van der Waals surface area contributed by atoms with E-state index in [1.165, 1.54) is 11.8 Å². The zero-order chi connectivity index (χ0) is 14.5. The van der Waals surface area contributed by atoms with Gasteiger partial charge in [0.15, 0.2) is 0 Å². The average molecular weight is 304 g/mol. The molecule has 0 saturated heterocycles. The van der Waals surface area contributed by atoms with Crippen molar-refractivity contribution in [2.24, 2.45) is 0 Å². The molecule has 1 N–H and O–H groups in total. The number of aryl methyl sites for hydroxylation is 1. The fraction of sp³-hybridized carbons (Fsp3) is 0.571. The molecule has 0 radical (unpaired) electrons. The van der Waals surface area contributed by atoms with Crippen LogP contribution in [-0.2, 0) is 9.84 Å². The second-order valence-corrected chi connectivity index (χ2v) is 7.58. The van der Waals surface area contributed by atoms with E-state index in [1.54, 1.807) is 0 Å². The van der Waals surface area contributed by atoms with Crippen LogP contribution in [0.4, 0.5) is 0 Å². The van der Waals surface area contributed by atoms with Crippen molar-refractivity contribution in [3.05, 3.63) is 34.3 Å². The van der Waals surface area contributed by atoms with Gasteiger partial charge in [0.2, 0.25) is 0 Å². The van der Waals surface area contributed by atoms with Crippen molar-refractivity contribution >= 4 is 21.4 Å². The third kappa shape index (κ3) is 5.93. The Balaban J connectivity index is 2.79. The van der Waals surface area contributed by atoms with Crippen molar-refractivity contribution in [2.75, 3.05) is 18.6 Å². The molecular weight excluding hydrogens is 282 g/mol. The lowest BCUT2D eigenvalue weighted by Crippen LogP contribution is -2.22. The number of sulfone groups is 1. The molecule has 5 heteroatoms. The van der Waals surface area contributed by atoms with Gasteiger partial charge in [-0.3, -0.25) is 0 Å². The summed E-state index contributed by atoms with van der Waals surface area (Å²) in [6.07, 6.45) is 2.73. The molecule has 0 fully saturated rings. The zero-order valence-corrected chi connectivity index (χ0v) is 13.3. The summed E-state index contributed by atoms with van der Waals surface area (Å²) in [7, 11) is -2.89. The Bertz CT molecular complexity index is 514. The number of nitrogens with one attached hydrogen (secondary N) is 1. The van der Waals surface area contributed by atoms with E-state index in [1.807, 2.05) is 32.0 Å². The summed E-state index contributed by atoms with van der Waals surface area (Å²) in [4.78, 5) is 0. The molecule has 1 unspecified atom stereocenters. The number of halogens is 1. The van der Waals surface area contributed by atoms with Crippen molar-refractivity contribution < 1.29 is 8.42 Å². The van der Waals surface area contributed by atoms with Gasteiger partial charge in [0.1, 0.15) is 9.84 Å². The molecule has 1 rings (SSSR count). The summed E-state index contributed by atoms with van der Waals surface area (Å²) >= 11 is 6.04. The first kappa shape index (κ1) is 16.5. The molecule has 0 aliphatic carbocycles. The standard InChI is InChI=1S/C14H22ClNO2S/c1-4-16-14(6-5-9-19(3,17)18)13-10-12(15)8-7-11(13)2/h7-8,10,14,16H,4-6,9H2,1-3H3. The molecule has 0 heterocycles. The minimum absolute atomic E-state index is 0.158. The van der Waals surface area contributed by atoms with E-state index in [2.05, 4.69) is 5.32 Å². The van der Waals surface area contributed by atoms with E-state index in [9.17, 15) is 8.42 Å². The first-order chi connectivity index (χ1) is 8.83. The Morgan fingerprint density at radius 1 is 1.37 bits per heavy atom. The van der Waals surface area contributed by atoms with Crippen molar-refractivity contribution in [2.45, 2.75) is 32.7 Å². The number of hydrogen-bond acceptors (Lipinski definition) is 3. The molecule has 19 heavy (non-hydrogen) atoms. The normalized spacial score (nSPS) is 13.5. The molecule has 0 aliphatic heterocycles. The van der Waals surface area contributed by atoms with Crippen LogP contribution in [0.1, 0.15) is 36.9 Å². The van der Waals surface area contributed by atoms with Crippen LogP contribution in [0.3, 0.4) is 0 Å². The Kier molecular flexibility index (Phi) is 6.30. The van der Waals surface area contributed by atoms with Crippen LogP contribution in [0.15, 0.2) is 18.2 Å². The van der Waals surface area contributed by atoms with E-state index < -0.39 is 9.84 Å². The Morgan fingerprint density at radius 3 is 2.63 bits per heavy atom. The maximum Gasteiger partial charge on any atom is 0.147 e. The molecule has 108 valence electrons. The van der Waals surface area contributed by atoms with Gasteiger partial charge in [0, 0.05) is 23.1 Å². The van der Waals surface area contributed by atoms with Gasteiger partial charge >= 0.3 is 0 Å². The van der Waals surface area contributed by atoms with Crippen LogP contribution in [0.5, 0.6) is 0 Å². The molecule has 0 aromatic heterocycles. The molecular formula is C14H22ClNO2S.